The summed E-state index contributed by atoms with van der Waals surface area (Å²) in [6, 6.07) is 1.75. The van der Waals surface area contributed by atoms with Crippen molar-refractivity contribution < 1.29 is 9.47 Å². The second-order valence-corrected chi connectivity index (χ2v) is 5.94. The molecule has 1 saturated carbocycles. The highest BCUT2D eigenvalue weighted by molar-refractivity contribution is 4.84. The standard InChI is InChI=1S/C15H32N2O2/c1-12(10-16-15-6-7-15)14(3)17(8-9-18-4)13(2)11-19-5/h12-16H,6-11H2,1-5H3. The first-order chi connectivity index (χ1) is 9.10. The summed E-state index contributed by atoms with van der Waals surface area (Å²) >= 11 is 0. The number of hydrogen-bond donors (Lipinski definition) is 1. The van der Waals surface area contributed by atoms with Gasteiger partial charge in [0, 0.05) is 38.9 Å². The zero-order valence-corrected chi connectivity index (χ0v) is 13.3. The molecule has 0 amide bonds. The smallest absolute Gasteiger partial charge is 0.0615 e. The molecule has 19 heavy (non-hydrogen) atoms. The third-order valence-corrected chi connectivity index (χ3v) is 4.18. The fourth-order valence-corrected chi connectivity index (χ4v) is 2.50. The highest BCUT2D eigenvalue weighted by atomic mass is 16.5. The first kappa shape index (κ1) is 16.9. The molecule has 0 saturated heterocycles. The van der Waals surface area contributed by atoms with Crippen molar-refractivity contribution in [1.82, 2.24) is 10.2 Å². The van der Waals surface area contributed by atoms with E-state index in [-0.39, 0.29) is 0 Å². The summed E-state index contributed by atoms with van der Waals surface area (Å²) in [6.45, 7) is 10.5. The van der Waals surface area contributed by atoms with Gasteiger partial charge in [-0.05, 0) is 39.2 Å². The number of rotatable bonds is 11. The van der Waals surface area contributed by atoms with Crippen LogP contribution in [0.4, 0.5) is 0 Å². The van der Waals surface area contributed by atoms with E-state index in [9.17, 15) is 0 Å². The van der Waals surface area contributed by atoms with E-state index in [0.29, 0.717) is 18.0 Å². The van der Waals surface area contributed by atoms with Crippen LogP contribution in [0, 0.1) is 5.92 Å². The third-order valence-electron chi connectivity index (χ3n) is 4.18. The van der Waals surface area contributed by atoms with Gasteiger partial charge in [-0.2, -0.15) is 0 Å². The Bertz CT molecular complexity index is 234. The lowest BCUT2D eigenvalue weighted by molar-refractivity contribution is 0.0362. The number of nitrogens with zero attached hydrogens (tertiary/aromatic N) is 1. The van der Waals surface area contributed by atoms with Crippen LogP contribution in [0.1, 0.15) is 33.6 Å². The first-order valence-electron chi connectivity index (χ1n) is 7.57. The largest absolute Gasteiger partial charge is 0.383 e. The zero-order valence-electron chi connectivity index (χ0n) is 13.3. The predicted molar refractivity (Wildman–Crippen MR) is 79.6 cm³/mol. The van der Waals surface area contributed by atoms with E-state index >= 15 is 0 Å². The molecule has 1 aliphatic carbocycles. The van der Waals surface area contributed by atoms with Crippen LogP contribution in [0.3, 0.4) is 0 Å². The molecule has 0 radical (unpaired) electrons. The van der Waals surface area contributed by atoms with Gasteiger partial charge in [0.25, 0.3) is 0 Å². The van der Waals surface area contributed by atoms with Gasteiger partial charge in [0.1, 0.15) is 0 Å². The summed E-state index contributed by atoms with van der Waals surface area (Å²) in [7, 11) is 3.54. The summed E-state index contributed by atoms with van der Waals surface area (Å²) in [5, 5.41) is 3.63. The fraction of sp³-hybridized carbons (Fsp3) is 1.00. The van der Waals surface area contributed by atoms with Crippen LogP contribution < -0.4 is 5.32 Å². The van der Waals surface area contributed by atoms with Crippen LogP contribution in [0.15, 0.2) is 0 Å². The Morgan fingerprint density at radius 2 is 1.84 bits per heavy atom. The molecule has 1 aliphatic rings. The quantitative estimate of drug-likeness (QED) is 0.621. The van der Waals surface area contributed by atoms with Crippen molar-refractivity contribution in [1.29, 1.82) is 0 Å². The third kappa shape index (κ3) is 6.21. The second kappa shape index (κ2) is 8.90. The molecule has 0 spiro atoms. The second-order valence-electron chi connectivity index (χ2n) is 5.94. The summed E-state index contributed by atoms with van der Waals surface area (Å²) in [4.78, 5) is 2.51. The van der Waals surface area contributed by atoms with E-state index in [2.05, 4.69) is 31.0 Å². The van der Waals surface area contributed by atoms with E-state index in [1.807, 2.05) is 0 Å². The SMILES string of the molecule is COCCN(C(C)COC)C(C)C(C)CNC1CC1. The Balaban J connectivity index is 2.44. The molecule has 0 aromatic rings. The van der Waals surface area contributed by atoms with Crippen LogP contribution in [0.5, 0.6) is 0 Å². The lowest BCUT2D eigenvalue weighted by Gasteiger charge is -2.37. The summed E-state index contributed by atoms with van der Waals surface area (Å²) in [5.41, 5.74) is 0. The van der Waals surface area contributed by atoms with Gasteiger partial charge in [-0.15, -0.1) is 0 Å². The lowest BCUT2D eigenvalue weighted by atomic mass is 10.0. The lowest BCUT2D eigenvalue weighted by Crippen LogP contribution is -2.48. The van der Waals surface area contributed by atoms with Crippen LogP contribution >= 0.6 is 0 Å². The van der Waals surface area contributed by atoms with Gasteiger partial charge in [0.15, 0.2) is 0 Å². The van der Waals surface area contributed by atoms with Gasteiger partial charge in [0.2, 0.25) is 0 Å². The maximum atomic E-state index is 5.30. The van der Waals surface area contributed by atoms with Crippen molar-refractivity contribution in [2.45, 2.75) is 51.7 Å². The van der Waals surface area contributed by atoms with Crippen molar-refractivity contribution in [3.05, 3.63) is 0 Å². The van der Waals surface area contributed by atoms with Gasteiger partial charge in [-0.1, -0.05) is 6.92 Å². The van der Waals surface area contributed by atoms with E-state index in [1.165, 1.54) is 12.8 Å². The first-order valence-corrected chi connectivity index (χ1v) is 7.57. The molecular formula is C15H32N2O2. The molecule has 0 aromatic carbocycles. The van der Waals surface area contributed by atoms with Crippen molar-refractivity contribution in [2.24, 2.45) is 5.92 Å². The topological polar surface area (TPSA) is 33.7 Å². The Morgan fingerprint density at radius 1 is 1.16 bits per heavy atom. The fourth-order valence-electron chi connectivity index (χ4n) is 2.50. The van der Waals surface area contributed by atoms with Gasteiger partial charge in [-0.3, -0.25) is 4.90 Å². The average molecular weight is 272 g/mol. The molecule has 114 valence electrons. The molecule has 0 heterocycles. The maximum absolute atomic E-state index is 5.30. The molecular weight excluding hydrogens is 240 g/mol. The minimum atomic E-state index is 0.429. The minimum Gasteiger partial charge on any atom is -0.383 e. The minimum absolute atomic E-state index is 0.429. The molecule has 3 atom stereocenters. The predicted octanol–water partition coefficient (Wildman–Crippen LogP) is 1.75. The number of methoxy groups -OCH3 is 2. The maximum Gasteiger partial charge on any atom is 0.0615 e. The zero-order chi connectivity index (χ0) is 14.3. The Morgan fingerprint density at radius 3 is 2.37 bits per heavy atom. The van der Waals surface area contributed by atoms with Gasteiger partial charge >= 0.3 is 0 Å². The molecule has 1 N–H and O–H groups in total. The molecule has 1 rings (SSSR count). The van der Waals surface area contributed by atoms with Crippen LogP contribution in [-0.4, -0.2) is 63.5 Å². The van der Waals surface area contributed by atoms with Crippen molar-refractivity contribution >= 4 is 0 Å². The van der Waals surface area contributed by atoms with E-state index in [0.717, 1.165) is 32.3 Å². The Kier molecular flexibility index (Phi) is 7.91. The molecule has 3 unspecified atom stereocenters. The van der Waals surface area contributed by atoms with Gasteiger partial charge < -0.3 is 14.8 Å². The molecule has 0 bridgehead atoms. The summed E-state index contributed by atoms with van der Waals surface area (Å²) in [6.07, 6.45) is 2.71. The average Bonchev–Trinajstić information content (AvgIpc) is 3.20. The summed E-state index contributed by atoms with van der Waals surface area (Å²) in [5.74, 6) is 0.636. The van der Waals surface area contributed by atoms with E-state index < -0.39 is 0 Å². The van der Waals surface area contributed by atoms with E-state index in [4.69, 9.17) is 9.47 Å². The Hall–Kier alpha value is -0.160. The number of ether oxygens (including phenoxy) is 2. The Labute approximate surface area is 118 Å². The number of nitrogens with one attached hydrogen (secondary N) is 1. The molecule has 4 heteroatoms. The highest BCUT2D eigenvalue weighted by Gasteiger charge is 2.26. The molecule has 0 aliphatic heterocycles. The van der Waals surface area contributed by atoms with Gasteiger partial charge in [0.05, 0.1) is 13.2 Å². The van der Waals surface area contributed by atoms with Crippen molar-refractivity contribution in [3.63, 3.8) is 0 Å². The number of hydrogen-bond acceptors (Lipinski definition) is 4. The van der Waals surface area contributed by atoms with Crippen molar-refractivity contribution in [3.8, 4) is 0 Å². The van der Waals surface area contributed by atoms with E-state index in [1.54, 1.807) is 14.2 Å². The molecule has 1 fully saturated rings. The van der Waals surface area contributed by atoms with Gasteiger partial charge in [-0.25, -0.2) is 0 Å². The normalized spacial score (nSPS) is 20.5. The molecule has 4 nitrogen and oxygen atoms in total. The van der Waals surface area contributed by atoms with Crippen molar-refractivity contribution in [2.75, 3.05) is 40.5 Å². The highest BCUT2D eigenvalue weighted by Crippen LogP contribution is 2.20. The van der Waals surface area contributed by atoms with Crippen LogP contribution in [0.25, 0.3) is 0 Å². The summed E-state index contributed by atoms with van der Waals surface area (Å²) < 4.78 is 10.5. The molecule has 0 aromatic heterocycles. The van der Waals surface area contributed by atoms with Crippen LogP contribution in [-0.2, 0) is 9.47 Å². The monoisotopic (exact) mass is 272 g/mol. The van der Waals surface area contributed by atoms with Crippen LogP contribution in [0.2, 0.25) is 0 Å².